The van der Waals surface area contributed by atoms with E-state index in [1.807, 2.05) is 0 Å². The van der Waals surface area contributed by atoms with Gasteiger partial charge < -0.3 is 14.8 Å². The van der Waals surface area contributed by atoms with E-state index in [1.165, 1.54) is 30.0 Å². The molecule has 1 N–H and O–H groups in total. The molecule has 0 unspecified atom stereocenters. The first-order chi connectivity index (χ1) is 16.3. The van der Waals surface area contributed by atoms with Crippen LogP contribution in [-0.4, -0.2) is 51.4 Å². The maximum atomic E-state index is 13.2. The Labute approximate surface area is 201 Å². The van der Waals surface area contributed by atoms with E-state index in [1.54, 1.807) is 6.07 Å². The first-order valence-electron chi connectivity index (χ1n) is 12.5. The standard InChI is InChI=1S/C25H34N2O6S/c1-32-21-6-5-20(14-22(21)34(30,31)27-7-3-2-4-8-27)26-23(28)15-33-25(29)24-18-10-16-9-17(12-18)13-19(24)11-16/h5-6,14,16-19,24H,2-4,7-13,15H2,1H3,(H,26,28). The van der Waals surface area contributed by atoms with Gasteiger partial charge in [-0.2, -0.15) is 4.31 Å². The molecule has 186 valence electrons. The number of piperidine rings is 1. The summed E-state index contributed by atoms with van der Waals surface area (Å²) in [5.41, 5.74) is 0.326. The van der Waals surface area contributed by atoms with E-state index in [9.17, 15) is 18.0 Å². The van der Waals surface area contributed by atoms with Crippen molar-refractivity contribution in [3.63, 3.8) is 0 Å². The number of methoxy groups -OCH3 is 1. The van der Waals surface area contributed by atoms with Gasteiger partial charge >= 0.3 is 5.97 Å². The Hall–Kier alpha value is -2.13. The summed E-state index contributed by atoms with van der Waals surface area (Å²) in [7, 11) is -2.32. The molecule has 0 atom stereocenters. The van der Waals surface area contributed by atoms with Crippen molar-refractivity contribution in [2.75, 3.05) is 32.1 Å². The Morgan fingerprint density at radius 1 is 1.00 bits per heavy atom. The molecule has 1 heterocycles. The summed E-state index contributed by atoms with van der Waals surface area (Å²) in [5.74, 6) is 1.74. The van der Waals surface area contributed by atoms with Gasteiger partial charge in [-0.25, -0.2) is 8.42 Å². The van der Waals surface area contributed by atoms with E-state index in [0.29, 0.717) is 30.6 Å². The monoisotopic (exact) mass is 490 g/mol. The van der Waals surface area contributed by atoms with E-state index in [-0.39, 0.29) is 29.1 Å². The van der Waals surface area contributed by atoms with Crippen molar-refractivity contribution in [1.82, 2.24) is 4.31 Å². The molecule has 6 rings (SSSR count). The van der Waals surface area contributed by atoms with E-state index in [4.69, 9.17) is 9.47 Å². The van der Waals surface area contributed by atoms with Gasteiger partial charge in [0.15, 0.2) is 6.61 Å². The number of sulfonamides is 1. The molecule has 1 aliphatic heterocycles. The zero-order chi connectivity index (χ0) is 23.9. The zero-order valence-electron chi connectivity index (χ0n) is 19.7. The number of rotatable bonds is 7. The van der Waals surface area contributed by atoms with Crippen LogP contribution in [-0.2, 0) is 24.3 Å². The molecule has 4 bridgehead atoms. The maximum Gasteiger partial charge on any atom is 0.310 e. The second kappa shape index (κ2) is 9.49. The topological polar surface area (TPSA) is 102 Å². The van der Waals surface area contributed by atoms with Crippen molar-refractivity contribution in [1.29, 1.82) is 0 Å². The average molecular weight is 491 g/mol. The van der Waals surface area contributed by atoms with Crippen molar-refractivity contribution in [2.45, 2.75) is 56.3 Å². The molecule has 1 aromatic rings. The van der Waals surface area contributed by atoms with Gasteiger partial charge in [0.1, 0.15) is 10.6 Å². The van der Waals surface area contributed by atoms with Crippen LogP contribution in [0.2, 0.25) is 0 Å². The van der Waals surface area contributed by atoms with Gasteiger partial charge in [0.05, 0.1) is 13.0 Å². The fourth-order valence-electron chi connectivity index (χ4n) is 6.94. The highest BCUT2D eigenvalue weighted by Crippen LogP contribution is 2.56. The van der Waals surface area contributed by atoms with Crippen LogP contribution in [0.25, 0.3) is 0 Å². The molecule has 1 amide bonds. The minimum Gasteiger partial charge on any atom is -0.495 e. The van der Waals surface area contributed by atoms with Crippen LogP contribution in [0.5, 0.6) is 5.75 Å². The normalized spacial score (nSPS) is 30.7. The number of esters is 1. The molecular weight excluding hydrogens is 456 g/mol. The first kappa shape index (κ1) is 23.6. The summed E-state index contributed by atoms with van der Waals surface area (Å²) in [6.45, 7) is 0.577. The molecule has 4 saturated carbocycles. The maximum absolute atomic E-state index is 13.2. The minimum absolute atomic E-state index is 0.0280. The highest BCUT2D eigenvalue weighted by molar-refractivity contribution is 7.89. The number of carbonyl (C=O) groups excluding carboxylic acids is 2. The van der Waals surface area contributed by atoms with Gasteiger partial charge in [0.2, 0.25) is 10.0 Å². The second-order valence-electron chi connectivity index (χ2n) is 10.4. The van der Waals surface area contributed by atoms with Crippen molar-refractivity contribution in [3.05, 3.63) is 18.2 Å². The quantitative estimate of drug-likeness (QED) is 0.588. The van der Waals surface area contributed by atoms with Crippen LogP contribution in [0.1, 0.15) is 51.4 Å². The fourth-order valence-corrected chi connectivity index (χ4v) is 8.64. The number of amides is 1. The predicted octanol–water partition coefficient (Wildman–Crippen LogP) is 3.42. The Morgan fingerprint density at radius 2 is 1.65 bits per heavy atom. The van der Waals surface area contributed by atoms with Crippen molar-refractivity contribution in [3.8, 4) is 5.75 Å². The van der Waals surface area contributed by atoms with Crippen molar-refractivity contribution < 1.29 is 27.5 Å². The van der Waals surface area contributed by atoms with Gasteiger partial charge in [0, 0.05) is 18.8 Å². The summed E-state index contributed by atoms with van der Waals surface area (Å²) in [5, 5.41) is 2.68. The number of hydrogen-bond donors (Lipinski definition) is 1. The van der Waals surface area contributed by atoms with Gasteiger partial charge in [-0.1, -0.05) is 6.42 Å². The van der Waals surface area contributed by atoms with E-state index < -0.39 is 15.9 Å². The van der Waals surface area contributed by atoms with Crippen LogP contribution in [0.4, 0.5) is 5.69 Å². The van der Waals surface area contributed by atoms with Crippen LogP contribution >= 0.6 is 0 Å². The molecular formula is C25H34N2O6S. The summed E-state index contributed by atoms with van der Waals surface area (Å²) >= 11 is 0. The minimum atomic E-state index is -3.74. The van der Waals surface area contributed by atoms with Crippen LogP contribution < -0.4 is 10.1 Å². The molecule has 1 saturated heterocycles. The van der Waals surface area contributed by atoms with Crippen molar-refractivity contribution >= 4 is 27.6 Å². The molecule has 9 heteroatoms. The lowest BCUT2D eigenvalue weighted by atomic mass is 9.52. The Bertz CT molecular complexity index is 1020. The molecule has 5 fully saturated rings. The van der Waals surface area contributed by atoms with Gasteiger partial charge in [-0.3, -0.25) is 9.59 Å². The van der Waals surface area contributed by atoms with E-state index in [2.05, 4.69) is 5.32 Å². The van der Waals surface area contributed by atoms with Crippen LogP contribution in [0.15, 0.2) is 23.1 Å². The summed E-state index contributed by atoms with van der Waals surface area (Å²) in [4.78, 5) is 25.4. The Kier molecular flexibility index (Phi) is 6.59. The smallest absolute Gasteiger partial charge is 0.310 e. The predicted molar refractivity (Wildman–Crippen MR) is 126 cm³/mol. The zero-order valence-corrected chi connectivity index (χ0v) is 20.5. The number of anilines is 1. The lowest BCUT2D eigenvalue weighted by Gasteiger charge is -2.53. The lowest BCUT2D eigenvalue weighted by Crippen LogP contribution is -2.48. The van der Waals surface area contributed by atoms with Crippen LogP contribution in [0.3, 0.4) is 0 Å². The Morgan fingerprint density at radius 3 is 2.26 bits per heavy atom. The van der Waals surface area contributed by atoms with Gasteiger partial charge in [0.25, 0.3) is 5.91 Å². The number of carbonyl (C=O) groups is 2. The molecule has 0 aromatic heterocycles. The number of benzene rings is 1. The van der Waals surface area contributed by atoms with E-state index >= 15 is 0 Å². The third-order valence-electron chi connectivity index (χ3n) is 8.22. The fraction of sp³-hybridized carbons (Fsp3) is 0.680. The molecule has 34 heavy (non-hydrogen) atoms. The number of hydrogen-bond acceptors (Lipinski definition) is 6. The highest BCUT2D eigenvalue weighted by Gasteiger charge is 2.51. The van der Waals surface area contributed by atoms with Gasteiger partial charge in [-0.15, -0.1) is 0 Å². The summed E-state index contributed by atoms with van der Waals surface area (Å²) in [6.07, 6.45) is 8.42. The molecule has 8 nitrogen and oxygen atoms in total. The Balaban J connectivity index is 1.22. The second-order valence-corrected chi connectivity index (χ2v) is 12.3. The van der Waals surface area contributed by atoms with Gasteiger partial charge in [-0.05, 0) is 86.8 Å². The average Bonchev–Trinajstić information content (AvgIpc) is 2.82. The molecule has 1 aromatic carbocycles. The SMILES string of the molecule is COc1ccc(NC(=O)COC(=O)C2C3CC4CC(C3)CC2C4)cc1S(=O)(=O)N1CCCCC1. The molecule has 5 aliphatic rings. The first-order valence-corrected chi connectivity index (χ1v) is 13.9. The van der Waals surface area contributed by atoms with E-state index in [0.717, 1.165) is 56.8 Å². The number of nitrogens with one attached hydrogen (secondary N) is 1. The number of nitrogens with zero attached hydrogens (tertiary/aromatic N) is 1. The molecule has 4 aliphatic carbocycles. The number of ether oxygens (including phenoxy) is 2. The summed E-state index contributed by atoms with van der Waals surface area (Å²) in [6, 6.07) is 4.54. The molecule has 0 radical (unpaired) electrons. The lowest BCUT2D eigenvalue weighted by molar-refractivity contribution is -0.164. The highest BCUT2D eigenvalue weighted by atomic mass is 32.2. The summed E-state index contributed by atoms with van der Waals surface area (Å²) < 4.78 is 38.6. The third-order valence-corrected chi connectivity index (χ3v) is 10.1. The largest absolute Gasteiger partial charge is 0.495 e. The molecule has 0 spiro atoms. The van der Waals surface area contributed by atoms with Crippen LogP contribution in [0, 0.1) is 29.6 Å². The van der Waals surface area contributed by atoms with Crippen molar-refractivity contribution in [2.24, 2.45) is 29.6 Å². The third kappa shape index (κ3) is 4.56.